The van der Waals surface area contributed by atoms with Crippen LogP contribution < -0.4 is 0 Å². The highest BCUT2D eigenvalue weighted by Crippen LogP contribution is 2.10. The molecule has 0 bridgehead atoms. The lowest BCUT2D eigenvalue weighted by Crippen LogP contribution is -1.81. The van der Waals surface area contributed by atoms with Crippen molar-refractivity contribution in [1.29, 1.82) is 0 Å². The van der Waals surface area contributed by atoms with Gasteiger partial charge in [-0.15, -0.1) is 5.92 Å². The molecule has 110 valence electrons. The summed E-state index contributed by atoms with van der Waals surface area (Å²) in [6.45, 7) is 2.25. The van der Waals surface area contributed by atoms with Crippen molar-refractivity contribution in [1.82, 2.24) is 0 Å². The van der Waals surface area contributed by atoms with E-state index in [1.165, 1.54) is 70.6 Å². The molecule has 0 aliphatic carbocycles. The van der Waals surface area contributed by atoms with Gasteiger partial charge in [0.15, 0.2) is 0 Å². The van der Waals surface area contributed by atoms with Gasteiger partial charge >= 0.3 is 0 Å². The molecule has 1 heteroatoms. The Morgan fingerprint density at radius 1 is 0.737 bits per heavy atom. The first kappa shape index (κ1) is 18.3. The van der Waals surface area contributed by atoms with Crippen molar-refractivity contribution in [2.75, 3.05) is 6.61 Å². The maximum atomic E-state index is 8.49. The van der Waals surface area contributed by atoms with Crippen LogP contribution in [0.25, 0.3) is 0 Å². The molecule has 0 atom stereocenters. The molecule has 0 saturated carbocycles. The molecular formula is C18H32O. The molecule has 0 unspecified atom stereocenters. The Bertz CT molecular complexity index is 244. The van der Waals surface area contributed by atoms with E-state index in [0.29, 0.717) is 0 Å². The van der Waals surface area contributed by atoms with Crippen molar-refractivity contribution in [2.45, 2.75) is 84.0 Å². The van der Waals surface area contributed by atoms with Crippen molar-refractivity contribution in [2.24, 2.45) is 0 Å². The van der Waals surface area contributed by atoms with Crippen molar-refractivity contribution >= 4 is 0 Å². The van der Waals surface area contributed by atoms with Gasteiger partial charge < -0.3 is 5.11 Å². The van der Waals surface area contributed by atoms with E-state index >= 15 is 0 Å². The van der Waals surface area contributed by atoms with Crippen molar-refractivity contribution < 1.29 is 5.11 Å². The van der Waals surface area contributed by atoms with Crippen LogP contribution in [0.1, 0.15) is 84.0 Å². The largest absolute Gasteiger partial charge is 0.384 e. The zero-order valence-corrected chi connectivity index (χ0v) is 12.8. The van der Waals surface area contributed by atoms with Crippen molar-refractivity contribution in [3.63, 3.8) is 0 Å². The fraction of sp³-hybridized carbons (Fsp3) is 0.778. The first-order valence-corrected chi connectivity index (χ1v) is 8.13. The monoisotopic (exact) mass is 264 g/mol. The van der Waals surface area contributed by atoms with Crippen LogP contribution in [0.15, 0.2) is 12.2 Å². The molecule has 0 saturated heterocycles. The summed E-state index contributed by atoms with van der Waals surface area (Å²) < 4.78 is 0. The quantitative estimate of drug-likeness (QED) is 0.290. The second-order valence-corrected chi connectivity index (χ2v) is 5.14. The summed E-state index contributed by atoms with van der Waals surface area (Å²) in [5, 5.41) is 8.49. The van der Waals surface area contributed by atoms with Crippen molar-refractivity contribution in [3.05, 3.63) is 12.2 Å². The molecule has 0 aromatic carbocycles. The molecule has 0 amide bonds. The van der Waals surface area contributed by atoms with Gasteiger partial charge in [0.1, 0.15) is 6.61 Å². The molecule has 0 aromatic heterocycles. The zero-order chi connectivity index (χ0) is 14.0. The zero-order valence-electron chi connectivity index (χ0n) is 12.8. The minimum atomic E-state index is 0.00684. The molecule has 19 heavy (non-hydrogen) atoms. The molecule has 0 radical (unpaired) electrons. The van der Waals surface area contributed by atoms with Gasteiger partial charge in [0.2, 0.25) is 0 Å². The number of hydrogen-bond acceptors (Lipinski definition) is 1. The number of unbranched alkanes of at least 4 members (excludes halogenated alkanes) is 10. The molecule has 1 N–H and O–H groups in total. The molecule has 0 aromatic rings. The Morgan fingerprint density at radius 3 is 1.95 bits per heavy atom. The molecule has 0 rings (SSSR count). The lowest BCUT2D eigenvalue weighted by atomic mass is 10.1. The van der Waals surface area contributed by atoms with Crippen LogP contribution >= 0.6 is 0 Å². The van der Waals surface area contributed by atoms with E-state index in [0.717, 1.165) is 6.42 Å². The third-order valence-corrected chi connectivity index (χ3v) is 3.27. The molecule has 0 aliphatic rings. The van der Waals surface area contributed by atoms with Crippen LogP contribution in [0.2, 0.25) is 0 Å². The van der Waals surface area contributed by atoms with Crippen LogP contribution in [0.4, 0.5) is 0 Å². The fourth-order valence-electron chi connectivity index (χ4n) is 2.06. The smallest absolute Gasteiger partial charge is 0.104 e. The molecule has 0 fully saturated rings. The molecule has 0 heterocycles. The summed E-state index contributed by atoms with van der Waals surface area (Å²) >= 11 is 0. The van der Waals surface area contributed by atoms with E-state index in [1.54, 1.807) is 0 Å². The Hall–Kier alpha value is -0.740. The third-order valence-electron chi connectivity index (χ3n) is 3.27. The van der Waals surface area contributed by atoms with Gasteiger partial charge in [0.05, 0.1) is 0 Å². The predicted octanol–water partition coefficient (Wildman–Crippen LogP) is 5.24. The maximum Gasteiger partial charge on any atom is 0.104 e. The van der Waals surface area contributed by atoms with Gasteiger partial charge in [-0.2, -0.15) is 0 Å². The number of rotatable bonds is 12. The van der Waals surface area contributed by atoms with Crippen LogP contribution in [0, 0.1) is 11.8 Å². The van der Waals surface area contributed by atoms with E-state index < -0.39 is 0 Å². The summed E-state index contributed by atoms with van der Waals surface area (Å²) in [6.07, 6.45) is 20.1. The number of aliphatic hydroxyl groups excluding tert-OH is 1. The third kappa shape index (κ3) is 17.3. The van der Waals surface area contributed by atoms with Crippen LogP contribution in [0.3, 0.4) is 0 Å². The van der Waals surface area contributed by atoms with E-state index in [-0.39, 0.29) is 6.61 Å². The van der Waals surface area contributed by atoms with Gasteiger partial charge in [-0.3, -0.25) is 0 Å². The Morgan fingerprint density at radius 2 is 1.32 bits per heavy atom. The number of aliphatic hydroxyl groups is 1. The highest BCUT2D eigenvalue weighted by Gasteiger charge is 1.90. The van der Waals surface area contributed by atoms with E-state index in [4.69, 9.17) is 5.11 Å². The van der Waals surface area contributed by atoms with Crippen LogP contribution in [0.5, 0.6) is 0 Å². The number of hydrogen-bond donors (Lipinski definition) is 1. The summed E-state index contributed by atoms with van der Waals surface area (Å²) in [7, 11) is 0. The lowest BCUT2D eigenvalue weighted by molar-refractivity contribution is 0.350. The average molecular weight is 264 g/mol. The predicted molar refractivity (Wildman–Crippen MR) is 85.1 cm³/mol. The van der Waals surface area contributed by atoms with Gasteiger partial charge in [-0.25, -0.2) is 0 Å². The van der Waals surface area contributed by atoms with Gasteiger partial charge in [-0.05, 0) is 25.7 Å². The second kappa shape index (κ2) is 17.3. The lowest BCUT2D eigenvalue weighted by Gasteiger charge is -1.99. The minimum absolute atomic E-state index is 0.00684. The topological polar surface area (TPSA) is 20.2 Å². The SMILES string of the molecule is CCCCC=CCCCCCCCCCC#CCO. The number of allylic oxidation sites excluding steroid dienone is 2. The van der Waals surface area contributed by atoms with Gasteiger partial charge in [0.25, 0.3) is 0 Å². The van der Waals surface area contributed by atoms with Crippen molar-refractivity contribution in [3.8, 4) is 11.8 Å². The standard InChI is InChI=1S/C18H32O/c1-2-3-4-5-6-7-8-9-10-11-12-13-14-15-16-17-18-19/h5-6,19H,2-4,7-15,18H2,1H3. The summed E-state index contributed by atoms with van der Waals surface area (Å²) in [5.41, 5.74) is 0. The summed E-state index contributed by atoms with van der Waals surface area (Å²) in [4.78, 5) is 0. The molecule has 0 spiro atoms. The highest BCUT2D eigenvalue weighted by atomic mass is 16.2. The Labute approximate surface area is 120 Å². The summed E-state index contributed by atoms with van der Waals surface area (Å²) in [5.74, 6) is 5.66. The van der Waals surface area contributed by atoms with Gasteiger partial charge in [0, 0.05) is 6.42 Å². The Balaban J connectivity index is 3.04. The fourth-order valence-corrected chi connectivity index (χ4v) is 2.06. The summed E-state index contributed by atoms with van der Waals surface area (Å²) in [6, 6.07) is 0. The van der Waals surface area contributed by atoms with Gasteiger partial charge in [-0.1, -0.05) is 69.9 Å². The first-order valence-electron chi connectivity index (χ1n) is 8.13. The van der Waals surface area contributed by atoms with E-state index in [1.807, 2.05) is 0 Å². The normalized spacial score (nSPS) is 10.6. The minimum Gasteiger partial charge on any atom is -0.384 e. The van der Waals surface area contributed by atoms with E-state index in [9.17, 15) is 0 Å². The van der Waals surface area contributed by atoms with E-state index in [2.05, 4.69) is 30.9 Å². The molecule has 0 aliphatic heterocycles. The molecular weight excluding hydrogens is 232 g/mol. The first-order chi connectivity index (χ1) is 9.41. The highest BCUT2D eigenvalue weighted by molar-refractivity contribution is 4.98. The molecule has 1 nitrogen and oxygen atoms in total. The maximum absolute atomic E-state index is 8.49. The average Bonchev–Trinajstić information content (AvgIpc) is 2.43. The Kier molecular flexibility index (Phi) is 16.6. The second-order valence-electron chi connectivity index (χ2n) is 5.14. The van der Waals surface area contributed by atoms with Crippen LogP contribution in [-0.4, -0.2) is 11.7 Å². The van der Waals surface area contributed by atoms with Crippen LogP contribution in [-0.2, 0) is 0 Å².